The first-order chi connectivity index (χ1) is 14.1. The van der Waals surface area contributed by atoms with Crippen LogP contribution >= 0.6 is 0 Å². The average Bonchev–Trinajstić information content (AvgIpc) is 2.74. The maximum absolute atomic E-state index is 15.1. The molecule has 0 unspecified atom stereocenters. The van der Waals surface area contributed by atoms with E-state index in [1.54, 1.807) is 24.3 Å². The first kappa shape index (κ1) is 18.9. The second kappa shape index (κ2) is 7.89. The minimum Gasteiger partial charge on any atom is -0.477 e. The van der Waals surface area contributed by atoms with E-state index in [4.69, 9.17) is 0 Å². The third-order valence-electron chi connectivity index (χ3n) is 5.04. The van der Waals surface area contributed by atoms with Gasteiger partial charge in [-0.1, -0.05) is 30.3 Å². The number of halogens is 1. The Hall–Kier alpha value is -3.45. The number of piperazine rings is 1. The maximum Gasteiger partial charge on any atom is 0.344 e. The SMILES string of the molecule is O=C(O)c1c(F)n(C=Cc2ccccc2)c2cc(N3CCNCC3)ccc2c1=O. The van der Waals surface area contributed by atoms with E-state index in [0.717, 1.165) is 42.0 Å². The molecule has 0 atom stereocenters. The van der Waals surface area contributed by atoms with Crippen LogP contribution in [0.3, 0.4) is 0 Å². The molecule has 29 heavy (non-hydrogen) atoms. The first-order valence-corrected chi connectivity index (χ1v) is 9.36. The fraction of sp³-hybridized carbons (Fsp3) is 0.182. The molecule has 0 spiro atoms. The molecule has 1 aliphatic heterocycles. The maximum atomic E-state index is 15.1. The summed E-state index contributed by atoms with van der Waals surface area (Å²) in [5, 5.41) is 12.8. The van der Waals surface area contributed by atoms with Gasteiger partial charge in [-0.15, -0.1) is 0 Å². The lowest BCUT2D eigenvalue weighted by Gasteiger charge is -2.29. The molecule has 1 aromatic heterocycles. The van der Waals surface area contributed by atoms with Crippen LogP contribution in [0.2, 0.25) is 0 Å². The number of aromatic nitrogens is 1. The van der Waals surface area contributed by atoms with Crippen molar-refractivity contribution >= 4 is 34.8 Å². The molecule has 4 rings (SSSR count). The van der Waals surface area contributed by atoms with Crippen LogP contribution in [-0.4, -0.2) is 41.8 Å². The zero-order valence-electron chi connectivity index (χ0n) is 15.6. The van der Waals surface area contributed by atoms with Crippen LogP contribution in [0.4, 0.5) is 10.1 Å². The Morgan fingerprint density at radius 1 is 1.10 bits per heavy atom. The quantitative estimate of drug-likeness (QED) is 0.667. The molecule has 0 radical (unpaired) electrons. The lowest BCUT2D eigenvalue weighted by atomic mass is 10.1. The van der Waals surface area contributed by atoms with Gasteiger partial charge in [0, 0.05) is 43.5 Å². The molecule has 1 aliphatic rings. The number of benzene rings is 2. The van der Waals surface area contributed by atoms with E-state index in [1.165, 1.54) is 6.20 Å². The molecular formula is C22H20FN3O3. The summed E-state index contributed by atoms with van der Waals surface area (Å²) in [4.78, 5) is 26.3. The molecule has 2 heterocycles. The molecule has 2 aromatic carbocycles. The molecule has 2 N–H and O–H groups in total. The van der Waals surface area contributed by atoms with Crippen LogP contribution in [0.1, 0.15) is 15.9 Å². The summed E-state index contributed by atoms with van der Waals surface area (Å²) in [6.07, 6.45) is 3.14. The molecule has 7 heteroatoms. The van der Waals surface area contributed by atoms with Gasteiger partial charge in [0.25, 0.3) is 0 Å². The second-order valence-corrected chi connectivity index (χ2v) is 6.84. The number of fused-ring (bicyclic) bond motifs is 1. The van der Waals surface area contributed by atoms with E-state index in [1.807, 2.05) is 30.3 Å². The molecule has 148 valence electrons. The Balaban J connectivity index is 1.92. The van der Waals surface area contributed by atoms with Crippen molar-refractivity contribution in [3.8, 4) is 0 Å². The number of carboxylic acid groups (broad SMARTS) is 1. The molecular weight excluding hydrogens is 373 g/mol. The fourth-order valence-corrected chi connectivity index (χ4v) is 3.54. The monoisotopic (exact) mass is 393 g/mol. The van der Waals surface area contributed by atoms with Crippen molar-refractivity contribution in [2.24, 2.45) is 0 Å². The topological polar surface area (TPSA) is 74.6 Å². The van der Waals surface area contributed by atoms with Gasteiger partial charge in [0.1, 0.15) is 0 Å². The summed E-state index contributed by atoms with van der Waals surface area (Å²) in [5.74, 6) is -2.66. The molecule has 0 amide bonds. The summed E-state index contributed by atoms with van der Waals surface area (Å²) in [5.41, 5.74) is 0.351. The van der Waals surface area contributed by atoms with E-state index in [2.05, 4.69) is 10.2 Å². The van der Waals surface area contributed by atoms with Crippen LogP contribution in [-0.2, 0) is 0 Å². The van der Waals surface area contributed by atoms with Crippen molar-refractivity contribution in [1.82, 2.24) is 9.88 Å². The number of rotatable bonds is 4. The molecule has 1 saturated heterocycles. The number of nitrogens with one attached hydrogen (secondary N) is 1. The van der Waals surface area contributed by atoms with Crippen molar-refractivity contribution in [1.29, 1.82) is 0 Å². The largest absolute Gasteiger partial charge is 0.477 e. The van der Waals surface area contributed by atoms with E-state index >= 15 is 4.39 Å². The normalized spacial score (nSPS) is 14.6. The minimum atomic E-state index is -1.58. The fourth-order valence-electron chi connectivity index (χ4n) is 3.54. The van der Waals surface area contributed by atoms with E-state index in [9.17, 15) is 14.7 Å². The van der Waals surface area contributed by atoms with Crippen molar-refractivity contribution < 1.29 is 14.3 Å². The van der Waals surface area contributed by atoms with Gasteiger partial charge in [-0.05, 0) is 29.8 Å². The number of nitrogens with zero attached hydrogens (tertiary/aromatic N) is 2. The first-order valence-electron chi connectivity index (χ1n) is 9.36. The highest BCUT2D eigenvalue weighted by Gasteiger charge is 2.22. The van der Waals surface area contributed by atoms with Gasteiger partial charge in [0.2, 0.25) is 11.4 Å². The molecule has 3 aromatic rings. The van der Waals surface area contributed by atoms with Crippen LogP contribution in [0.5, 0.6) is 0 Å². The van der Waals surface area contributed by atoms with Crippen molar-refractivity contribution in [2.45, 2.75) is 0 Å². The van der Waals surface area contributed by atoms with Crippen LogP contribution in [0.25, 0.3) is 23.2 Å². The molecule has 0 aliphatic carbocycles. The third-order valence-corrected chi connectivity index (χ3v) is 5.04. The number of carbonyl (C=O) groups is 1. The van der Waals surface area contributed by atoms with Crippen LogP contribution in [0, 0.1) is 5.95 Å². The van der Waals surface area contributed by atoms with Gasteiger partial charge in [-0.25, -0.2) is 4.79 Å². The molecule has 0 saturated carbocycles. The summed E-state index contributed by atoms with van der Waals surface area (Å²) in [7, 11) is 0. The Morgan fingerprint density at radius 2 is 1.83 bits per heavy atom. The Morgan fingerprint density at radius 3 is 2.52 bits per heavy atom. The molecule has 6 nitrogen and oxygen atoms in total. The summed E-state index contributed by atoms with van der Waals surface area (Å²) >= 11 is 0. The Labute approximate surface area is 166 Å². The zero-order chi connectivity index (χ0) is 20.4. The molecule has 0 bridgehead atoms. The highest BCUT2D eigenvalue weighted by molar-refractivity contribution is 5.94. The van der Waals surface area contributed by atoms with E-state index in [-0.39, 0.29) is 5.39 Å². The summed E-state index contributed by atoms with van der Waals surface area (Å²) in [6.45, 7) is 3.27. The number of hydrogen-bond acceptors (Lipinski definition) is 4. The van der Waals surface area contributed by atoms with E-state index < -0.39 is 22.9 Å². The number of pyridine rings is 1. The van der Waals surface area contributed by atoms with E-state index in [0.29, 0.717) is 5.52 Å². The van der Waals surface area contributed by atoms with Gasteiger partial charge < -0.3 is 15.3 Å². The average molecular weight is 393 g/mol. The highest BCUT2D eigenvalue weighted by Crippen LogP contribution is 2.24. The minimum absolute atomic E-state index is 0.167. The number of anilines is 1. The Kier molecular flexibility index (Phi) is 5.14. The lowest BCUT2D eigenvalue weighted by molar-refractivity contribution is 0.0689. The molecule has 1 fully saturated rings. The predicted molar refractivity (Wildman–Crippen MR) is 112 cm³/mol. The Bertz CT molecular complexity index is 1150. The van der Waals surface area contributed by atoms with Gasteiger partial charge >= 0.3 is 5.97 Å². The lowest BCUT2D eigenvalue weighted by Crippen LogP contribution is -2.43. The van der Waals surface area contributed by atoms with Crippen LogP contribution in [0.15, 0.2) is 53.3 Å². The standard InChI is InChI=1S/C22H20FN3O3/c23-21-19(22(28)29)20(27)17-7-6-16(25-12-9-24-10-13-25)14-18(17)26(21)11-8-15-4-2-1-3-5-15/h1-8,11,14,24H,9-10,12-13H2,(H,28,29). The zero-order valence-corrected chi connectivity index (χ0v) is 15.6. The van der Waals surface area contributed by atoms with Crippen LogP contribution < -0.4 is 15.6 Å². The van der Waals surface area contributed by atoms with Crippen molar-refractivity contribution in [2.75, 3.05) is 31.1 Å². The summed E-state index contributed by atoms with van der Waals surface area (Å²) in [6, 6.07) is 14.4. The number of aromatic carboxylic acids is 1. The van der Waals surface area contributed by atoms with Gasteiger partial charge in [-0.3, -0.25) is 9.36 Å². The van der Waals surface area contributed by atoms with Crippen molar-refractivity contribution in [3.05, 3.63) is 75.8 Å². The van der Waals surface area contributed by atoms with Crippen molar-refractivity contribution in [3.63, 3.8) is 0 Å². The van der Waals surface area contributed by atoms with Gasteiger partial charge in [0.05, 0.1) is 5.52 Å². The second-order valence-electron chi connectivity index (χ2n) is 6.84. The summed E-state index contributed by atoms with van der Waals surface area (Å²) < 4.78 is 16.2. The number of carboxylic acids is 1. The van der Waals surface area contributed by atoms with Gasteiger partial charge in [-0.2, -0.15) is 4.39 Å². The smallest absolute Gasteiger partial charge is 0.344 e. The number of hydrogen-bond donors (Lipinski definition) is 2. The third kappa shape index (κ3) is 3.64. The predicted octanol–water partition coefficient (Wildman–Crippen LogP) is 2.88. The highest BCUT2D eigenvalue weighted by atomic mass is 19.1. The van der Waals surface area contributed by atoms with Gasteiger partial charge in [0.15, 0.2) is 5.56 Å².